The summed E-state index contributed by atoms with van der Waals surface area (Å²) in [6.45, 7) is 6.38. The first kappa shape index (κ1) is 21.7. The first-order valence-corrected chi connectivity index (χ1v) is 10.6. The zero-order valence-corrected chi connectivity index (χ0v) is 18.0. The molecule has 2 aromatic carbocycles. The normalized spacial score (nSPS) is 14.5. The van der Waals surface area contributed by atoms with E-state index in [0.717, 1.165) is 31.6 Å². The van der Waals surface area contributed by atoms with Gasteiger partial charge in [-0.05, 0) is 43.0 Å². The van der Waals surface area contributed by atoms with Crippen LogP contribution in [0.4, 0.5) is 5.69 Å². The van der Waals surface area contributed by atoms with Crippen LogP contribution >= 0.6 is 0 Å². The molecular weight excluding hydrogens is 378 g/mol. The SMILES string of the molecule is COc1ccccc1C(=O)NC1CCN(c2ccccc2C(=O)NCC(C)C)CC1. The van der Waals surface area contributed by atoms with Gasteiger partial charge in [0.1, 0.15) is 5.75 Å². The lowest BCUT2D eigenvalue weighted by Crippen LogP contribution is -2.45. The van der Waals surface area contributed by atoms with E-state index in [4.69, 9.17) is 4.74 Å². The molecule has 0 atom stereocenters. The molecule has 1 fully saturated rings. The third kappa shape index (κ3) is 5.32. The largest absolute Gasteiger partial charge is 0.496 e. The minimum Gasteiger partial charge on any atom is -0.496 e. The molecule has 0 aromatic heterocycles. The lowest BCUT2D eigenvalue weighted by atomic mass is 10.0. The number of piperidine rings is 1. The standard InChI is InChI=1S/C24H31N3O3/c1-17(2)16-25-23(28)19-8-4-6-10-21(19)27-14-12-18(13-15-27)26-24(29)20-9-5-7-11-22(20)30-3/h4-11,17-18H,12-16H2,1-3H3,(H,25,28)(H,26,29). The van der Waals surface area contributed by atoms with Gasteiger partial charge in [-0.2, -0.15) is 0 Å². The Balaban J connectivity index is 1.61. The zero-order chi connectivity index (χ0) is 21.5. The summed E-state index contributed by atoms with van der Waals surface area (Å²) < 4.78 is 5.29. The first-order chi connectivity index (χ1) is 14.5. The van der Waals surface area contributed by atoms with Gasteiger partial charge in [-0.1, -0.05) is 38.1 Å². The fourth-order valence-corrected chi connectivity index (χ4v) is 3.69. The van der Waals surface area contributed by atoms with Crippen LogP contribution in [0, 0.1) is 5.92 Å². The molecule has 0 aliphatic carbocycles. The van der Waals surface area contributed by atoms with Crippen LogP contribution in [0.15, 0.2) is 48.5 Å². The van der Waals surface area contributed by atoms with Gasteiger partial charge in [-0.3, -0.25) is 9.59 Å². The number of rotatable bonds is 7. The summed E-state index contributed by atoms with van der Waals surface area (Å²) in [5, 5.41) is 6.13. The minimum atomic E-state index is -0.112. The van der Waals surface area contributed by atoms with E-state index in [2.05, 4.69) is 29.4 Å². The maximum absolute atomic E-state index is 12.7. The van der Waals surface area contributed by atoms with E-state index in [9.17, 15) is 9.59 Å². The van der Waals surface area contributed by atoms with Crippen molar-refractivity contribution in [1.82, 2.24) is 10.6 Å². The molecule has 0 saturated carbocycles. The van der Waals surface area contributed by atoms with Crippen LogP contribution in [0.1, 0.15) is 47.4 Å². The van der Waals surface area contributed by atoms with Crippen molar-refractivity contribution in [1.29, 1.82) is 0 Å². The monoisotopic (exact) mass is 409 g/mol. The second kappa shape index (κ2) is 10.1. The van der Waals surface area contributed by atoms with Gasteiger partial charge in [0.25, 0.3) is 11.8 Å². The molecule has 6 nitrogen and oxygen atoms in total. The molecule has 1 saturated heterocycles. The summed E-state index contributed by atoms with van der Waals surface area (Å²) in [6.07, 6.45) is 1.64. The molecule has 3 rings (SSSR count). The van der Waals surface area contributed by atoms with Gasteiger partial charge in [-0.15, -0.1) is 0 Å². The average Bonchev–Trinajstić information content (AvgIpc) is 2.78. The summed E-state index contributed by atoms with van der Waals surface area (Å²) in [7, 11) is 1.57. The van der Waals surface area contributed by atoms with Crippen LogP contribution in [-0.2, 0) is 0 Å². The van der Waals surface area contributed by atoms with Crippen LogP contribution < -0.4 is 20.3 Å². The molecule has 2 amide bonds. The van der Waals surface area contributed by atoms with E-state index in [1.165, 1.54) is 0 Å². The summed E-state index contributed by atoms with van der Waals surface area (Å²) in [4.78, 5) is 27.5. The lowest BCUT2D eigenvalue weighted by Gasteiger charge is -2.35. The van der Waals surface area contributed by atoms with E-state index in [-0.39, 0.29) is 17.9 Å². The molecule has 2 aromatic rings. The topological polar surface area (TPSA) is 70.7 Å². The fourth-order valence-electron chi connectivity index (χ4n) is 3.69. The maximum Gasteiger partial charge on any atom is 0.255 e. The number of hydrogen-bond acceptors (Lipinski definition) is 4. The molecular formula is C24H31N3O3. The Hall–Kier alpha value is -3.02. The fraction of sp³-hybridized carbons (Fsp3) is 0.417. The highest BCUT2D eigenvalue weighted by Gasteiger charge is 2.24. The number of hydrogen-bond donors (Lipinski definition) is 2. The van der Waals surface area contributed by atoms with Crippen LogP contribution in [0.25, 0.3) is 0 Å². The number of amides is 2. The predicted octanol–water partition coefficient (Wildman–Crippen LogP) is 3.48. The van der Waals surface area contributed by atoms with Crippen LogP contribution in [0.5, 0.6) is 5.75 Å². The second-order valence-electron chi connectivity index (χ2n) is 8.06. The quantitative estimate of drug-likeness (QED) is 0.735. The van der Waals surface area contributed by atoms with Gasteiger partial charge in [-0.25, -0.2) is 0 Å². The van der Waals surface area contributed by atoms with E-state index >= 15 is 0 Å². The summed E-state index contributed by atoms with van der Waals surface area (Å²) in [6, 6.07) is 15.1. The van der Waals surface area contributed by atoms with E-state index in [1.807, 2.05) is 36.4 Å². The second-order valence-corrected chi connectivity index (χ2v) is 8.06. The zero-order valence-electron chi connectivity index (χ0n) is 18.0. The highest BCUT2D eigenvalue weighted by atomic mass is 16.5. The highest BCUT2D eigenvalue weighted by Crippen LogP contribution is 2.25. The molecule has 0 radical (unpaired) electrons. The molecule has 1 aliphatic rings. The van der Waals surface area contributed by atoms with Crippen molar-refractivity contribution in [3.8, 4) is 5.75 Å². The van der Waals surface area contributed by atoms with Crippen molar-refractivity contribution < 1.29 is 14.3 Å². The molecule has 160 valence electrons. The van der Waals surface area contributed by atoms with Crippen molar-refractivity contribution in [2.24, 2.45) is 5.92 Å². The van der Waals surface area contributed by atoms with Crippen LogP contribution in [0.2, 0.25) is 0 Å². The number of ether oxygens (including phenoxy) is 1. The van der Waals surface area contributed by atoms with Crippen LogP contribution in [0.3, 0.4) is 0 Å². The highest BCUT2D eigenvalue weighted by molar-refractivity contribution is 6.00. The van der Waals surface area contributed by atoms with Crippen molar-refractivity contribution >= 4 is 17.5 Å². The number of carbonyl (C=O) groups is 2. The van der Waals surface area contributed by atoms with Crippen LogP contribution in [-0.4, -0.2) is 44.6 Å². The molecule has 0 bridgehead atoms. The third-order valence-corrected chi connectivity index (χ3v) is 5.34. The number of nitrogens with zero attached hydrogens (tertiary/aromatic N) is 1. The van der Waals surface area contributed by atoms with Gasteiger partial charge in [0.15, 0.2) is 0 Å². The minimum absolute atomic E-state index is 0.0362. The Morgan fingerprint density at radius 1 is 1.00 bits per heavy atom. The van der Waals surface area contributed by atoms with Crippen molar-refractivity contribution in [3.05, 3.63) is 59.7 Å². The first-order valence-electron chi connectivity index (χ1n) is 10.6. The van der Waals surface area contributed by atoms with Gasteiger partial charge in [0.2, 0.25) is 0 Å². The van der Waals surface area contributed by atoms with Crippen molar-refractivity contribution in [2.45, 2.75) is 32.7 Å². The number of methoxy groups -OCH3 is 1. The third-order valence-electron chi connectivity index (χ3n) is 5.34. The molecule has 1 aliphatic heterocycles. The van der Waals surface area contributed by atoms with Gasteiger partial charge in [0, 0.05) is 31.4 Å². The van der Waals surface area contributed by atoms with Gasteiger partial charge >= 0.3 is 0 Å². The molecule has 0 unspecified atom stereocenters. The van der Waals surface area contributed by atoms with Gasteiger partial charge in [0.05, 0.1) is 18.2 Å². The number of benzene rings is 2. The lowest BCUT2D eigenvalue weighted by molar-refractivity contribution is 0.0926. The van der Waals surface area contributed by atoms with Crippen molar-refractivity contribution in [2.75, 3.05) is 31.6 Å². The molecule has 2 N–H and O–H groups in total. The number of para-hydroxylation sites is 2. The Morgan fingerprint density at radius 2 is 1.63 bits per heavy atom. The smallest absolute Gasteiger partial charge is 0.255 e. The van der Waals surface area contributed by atoms with E-state index in [0.29, 0.717) is 29.3 Å². The Morgan fingerprint density at radius 3 is 2.30 bits per heavy atom. The van der Waals surface area contributed by atoms with Crippen molar-refractivity contribution in [3.63, 3.8) is 0 Å². The number of anilines is 1. The summed E-state index contributed by atoms with van der Waals surface area (Å²) >= 11 is 0. The Labute approximate surface area is 178 Å². The number of nitrogens with one attached hydrogen (secondary N) is 2. The molecule has 1 heterocycles. The number of carbonyl (C=O) groups excluding carboxylic acids is 2. The predicted molar refractivity (Wildman–Crippen MR) is 119 cm³/mol. The van der Waals surface area contributed by atoms with E-state index in [1.54, 1.807) is 19.2 Å². The molecule has 6 heteroatoms. The maximum atomic E-state index is 12.7. The average molecular weight is 410 g/mol. The Bertz CT molecular complexity index is 874. The summed E-state index contributed by atoms with van der Waals surface area (Å²) in [5.41, 5.74) is 2.21. The van der Waals surface area contributed by atoms with Gasteiger partial charge < -0.3 is 20.3 Å². The van der Waals surface area contributed by atoms with E-state index < -0.39 is 0 Å². The molecule has 30 heavy (non-hydrogen) atoms. The molecule has 0 spiro atoms. The Kier molecular flexibility index (Phi) is 7.33. The summed E-state index contributed by atoms with van der Waals surface area (Å²) in [5.74, 6) is 0.836.